The van der Waals surface area contributed by atoms with Gasteiger partial charge in [-0.3, -0.25) is 9.59 Å². The summed E-state index contributed by atoms with van der Waals surface area (Å²) in [5, 5.41) is 13.1. The summed E-state index contributed by atoms with van der Waals surface area (Å²) >= 11 is 1.41. The maximum absolute atomic E-state index is 12.9. The lowest BCUT2D eigenvalue weighted by Gasteiger charge is -2.14. The van der Waals surface area contributed by atoms with Crippen molar-refractivity contribution in [2.24, 2.45) is 5.92 Å². The molecule has 0 spiro atoms. The quantitative estimate of drug-likeness (QED) is 0.638. The summed E-state index contributed by atoms with van der Waals surface area (Å²) in [6.07, 6.45) is 3.19. The van der Waals surface area contributed by atoms with E-state index in [0.717, 1.165) is 29.0 Å². The highest BCUT2D eigenvalue weighted by molar-refractivity contribution is 7.14. The summed E-state index contributed by atoms with van der Waals surface area (Å²) in [5.74, 6) is 0.115. The molecule has 1 aliphatic rings. The molecule has 2 aromatic carbocycles. The van der Waals surface area contributed by atoms with Gasteiger partial charge < -0.3 is 5.32 Å². The van der Waals surface area contributed by atoms with Crippen molar-refractivity contribution < 1.29 is 9.59 Å². The highest BCUT2D eigenvalue weighted by Gasteiger charge is 2.29. The number of nitrogens with one attached hydrogen (secondary N) is 1. The van der Waals surface area contributed by atoms with Crippen molar-refractivity contribution in [2.45, 2.75) is 18.8 Å². The number of rotatable bonds is 7. The Bertz CT molecular complexity index is 934. The predicted octanol–water partition coefficient (Wildman–Crippen LogP) is 3.68. The van der Waals surface area contributed by atoms with Crippen molar-refractivity contribution in [3.05, 3.63) is 70.7 Å². The number of hydrogen-bond acceptors (Lipinski definition) is 5. The fourth-order valence-corrected chi connectivity index (χ4v) is 3.87. The molecular weight excluding hydrogens is 358 g/mol. The van der Waals surface area contributed by atoms with E-state index in [9.17, 15) is 9.59 Å². The first-order valence-electron chi connectivity index (χ1n) is 8.96. The van der Waals surface area contributed by atoms with E-state index < -0.39 is 5.92 Å². The Morgan fingerprint density at radius 2 is 1.85 bits per heavy atom. The zero-order chi connectivity index (χ0) is 18.6. The monoisotopic (exact) mass is 377 g/mol. The zero-order valence-corrected chi connectivity index (χ0v) is 15.5. The smallest absolute Gasteiger partial charge is 0.234 e. The van der Waals surface area contributed by atoms with E-state index in [0.29, 0.717) is 16.5 Å². The van der Waals surface area contributed by atoms with E-state index in [1.807, 2.05) is 42.5 Å². The summed E-state index contributed by atoms with van der Waals surface area (Å²) in [6, 6.07) is 16.9. The average molecular weight is 377 g/mol. The van der Waals surface area contributed by atoms with Crippen molar-refractivity contribution >= 4 is 23.5 Å². The minimum Gasteiger partial charge on any atom is -0.355 e. The van der Waals surface area contributed by atoms with Crippen LogP contribution in [0.2, 0.25) is 0 Å². The summed E-state index contributed by atoms with van der Waals surface area (Å²) in [7, 11) is 0. The fourth-order valence-electron chi connectivity index (χ4n) is 2.89. The van der Waals surface area contributed by atoms with Crippen LogP contribution in [-0.2, 0) is 4.79 Å². The lowest BCUT2D eigenvalue weighted by molar-refractivity contribution is -0.121. The number of aromatic nitrogens is 2. The number of amides is 1. The maximum atomic E-state index is 12.9. The molecule has 1 aromatic heterocycles. The first-order chi connectivity index (χ1) is 13.2. The highest BCUT2D eigenvalue weighted by atomic mass is 32.1. The molecule has 1 N–H and O–H groups in total. The Labute approximate surface area is 161 Å². The van der Waals surface area contributed by atoms with E-state index in [1.54, 1.807) is 12.1 Å². The maximum Gasteiger partial charge on any atom is 0.234 e. The predicted molar refractivity (Wildman–Crippen MR) is 105 cm³/mol. The summed E-state index contributed by atoms with van der Waals surface area (Å²) < 4.78 is 0. The van der Waals surface area contributed by atoms with E-state index in [2.05, 4.69) is 15.5 Å². The molecule has 1 atom stereocenters. The molecule has 1 fully saturated rings. The van der Waals surface area contributed by atoms with Crippen LogP contribution in [0.25, 0.3) is 10.6 Å². The van der Waals surface area contributed by atoms with Gasteiger partial charge in [-0.05, 0) is 24.3 Å². The van der Waals surface area contributed by atoms with Crippen LogP contribution in [0, 0.1) is 5.92 Å². The molecule has 1 heterocycles. The van der Waals surface area contributed by atoms with Crippen molar-refractivity contribution in [2.75, 3.05) is 6.54 Å². The molecule has 136 valence electrons. The number of carbonyl (C=O) groups is 2. The van der Waals surface area contributed by atoms with Gasteiger partial charge in [-0.15, -0.1) is 10.2 Å². The van der Waals surface area contributed by atoms with Crippen molar-refractivity contribution in [3.63, 3.8) is 0 Å². The standard InChI is InChI=1S/C21H19N3O2S/c25-13-15-8-10-17(11-9-15)20-23-24-21(27-20)18(16-4-2-1-3-5-16)19(26)22-12-14-6-7-14/h1-5,8-11,13-14,18H,6-7,12H2,(H,22,26). The molecule has 1 amide bonds. The first kappa shape index (κ1) is 17.5. The van der Waals surface area contributed by atoms with Crippen LogP contribution in [0.15, 0.2) is 54.6 Å². The van der Waals surface area contributed by atoms with Crippen LogP contribution >= 0.6 is 11.3 Å². The Morgan fingerprint density at radius 1 is 1.11 bits per heavy atom. The van der Waals surface area contributed by atoms with Crippen LogP contribution in [0.3, 0.4) is 0 Å². The van der Waals surface area contributed by atoms with Gasteiger partial charge in [-0.25, -0.2) is 0 Å². The lowest BCUT2D eigenvalue weighted by atomic mass is 9.99. The Balaban J connectivity index is 1.62. The molecule has 0 saturated heterocycles. The number of hydrogen-bond donors (Lipinski definition) is 1. The van der Waals surface area contributed by atoms with Crippen molar-refractivity contribution in [3.8, 4) is 10.6 Å². The lowest BCUT2D eigenvalue weighted by Crippen LogP contribution is -2.31. The second kappa shape index (κ2) is 7.80. The van der Waals surface area contributed by atoms with Crippen LogP contribution in [0.1, 0.15) is 39.7 Å². The highest BCUT2D eigenvalue weighted by Crippen LogP contribution is 2.33. The number of aldehydes is 1. The second-order valence-corrected chi connectivity index (χ2v) is 7.73. The first-order valence-corrected chi connectivity index (χ1v) is 9.78. The second-order valence-electron chi connectivity index (χ2n) is 6.72. The van der Waals surface area contributed by atoms with E-state index in [-0.39, 0.29) is 5.91 Å². The number of benzene rings is 2. The van der Waals surface area contributed by atoms with Gasteiger partial charge in [0, 0.05) is 17.7 Å². The van der Waals surface area contributed by atoms with E-state index in [4.69, 9.17) is 0 Å². The van der Waals surface area contributed by atoms with Gasteiger partial charge in [0.05, 0.1) is 0 Å². The van der Waals surface area contributed by atoms with Crippen LogP contribution in [0.4, 0.5) is 0 Å². The largest absolute Gasteiger partial charge is 0.355 e. The molecule has 0 radical (unpaired) electrons. The Kier molecular flexibility index (Phi) is 5.07. The van der Waals surface area contributed by atoms with Gasteiger partial charge in [0.1, 0.15) is 22.2 Å². The van der Waals surface area contributed by atoms with Gasteiger partial charge in [-0.2, -0.15) is 0 Å². The van der Waals surface area contributed by atoms with Gasteiger partial charge >= 0.3 is 0 Å². The average Bonchev–Trinajstić information content (AvgIpc) is 3.43. The number of carbonyl (C=O) groups excluding carboxylic acids is 2. The third-order valence-corrected chi connectivity index (χ3v) is 5.68. The third-order valence-electron chi connectivity index (χ3n) is 4.64. The molecule has 3 aromatic rings. The molecule has 5 nitrogen and oxygen atoms in total. The Morgan fingerprint density at radius 3 is 2.52 bits per heavy atom. The molecular formula is C21H19N3O2S. The summed E-state index contributed by atoms with van der Waals surface area (Å²) in [5.41, 5.74) is 2.41. The van der Waals surface area contributed by atoms with E-state index in [1.165, 1.54) is 24.2 Å². The molecule has 6 heteroatoms. The zero-order valence-electron chi connectivity index (χ0n) is 14.7. The minimum atomic E-state index is -0.467. The van der Waals surface area contributed by atoms with Gasteiger partial charge in [-0.1, -0.05) is 65.9 Å². The fraction of sp³-hybridized carbons (Fsp3) is 0.238. The SMILES string of the molecule is O=Cc1ccc(-c2nnc(C(C(=O)NCC3CC3)c3ccccc3)s2)cc1. The summed E-state index contributed by atoms with van der Waals surface area (Å²) in [6.45, 7) is 0.723. The van der Waals surface area contributed by atoms with Crippen molar-refractivity contribution in [1.82, 2.24) is 15.5 Å². The van der Waals surface area contributed by atoms with Crippen LogP contribution in [0.5, 0.6) is 0 Å². The van der Waals surface area contributed by atoms with Gasteiger partial charge in [0.25, 0.3) is 0 Å². The minimum absolute atomic E-state index is 0.0351. The van der Waals surface area contributed by atoms with Crippen LogP contribution in [-0.4, -0.2) is 28.9 Å². The topological polar surface area (TPSA) is 72.0 Å². The summed E-state index contributed by atoms with van der Waals surface area (Å²) in [4.78, 5) is 23.7. The van der Waals surface area contributed by atoms with E-state index >= 15 is 0 Å². The molecule has 0 aliphatic heterocycles. The number of nitrogens with zero attached hydrogens (tertiary/aromatic N) is 2. The molecule has 0 bridgehead atoms. The van der Waals surface area contributed by atoms with Gasteiger partial charge in [0.2, 0.25) is 5.91 Å². The molecule has 27 heavy (non-hydrogen) atoms. The molecule has 1 saturated carbocycles. The molecule has 1 aliphatic carbocycles. The third kappa shape index (κ3) is 4.11. The molecule has 4 rings (SSSR count). The normalized spacial score (nSPS) is 14.5. The van der Waals surface area contributed by atoms with Crippen molar-refractivity contribution in [1.29, 1.82) is 0 Å². The van der Waals surface area contributed by atoms with Gasteiger partial charge in [0.15, 0.2) is 0 Å². The van der Waals surface area contributed by atoms with Crippen LogP contribution < -0.4 is 5.32 Å². The Hall–Kier alpha value is -2.86. The molecule has 1 unspecified atom stereocenters.